The van der Waals surface area contributed by atoms with E-state index in [0.717, 1.165) is 5.56 Å². The third-order valence-corrected chi connectivity index (χ3v) is 3.32. The molecule has 0 radical (unpaired) electrons. The molecule has 0 aliphatic rings. The van der Waals surface area contributed by atoms with Gasteiger partial charge in [0.1, 0.15) is 0 Å². The average molecular weight is 290 g/mol. The van der Waals surface area contributed by atoms with Gasteiger partial charge in [-0.3, -0.25) is 14.8 Å². The lowest BCUT2D eigenvalue weighted by Gasteiger charge is -2.22. The number of hydrogen-bond acceptors (Lipinski definition) is 3. The van der Waals surface area contributed by atoms with Crippen LogP contribution < -0.4 is 5.32 Å². The summed E-state index contributed by atoms with van der Waals surface area (Å²) in [7, 11) is 0. The van der Waals surface area contributed by atoms with Gasteiger partial charge in [-0.25, -0.2) is 0 Å². The van der Waals surface area contributed by atoms with Crippen LogP contribution in [0.1, 0.15) is 35.8 Å². The van der Waals surface area contributed by atoms with Crippen molar-refractivity contribution in [1.29, 1.82) is 0 Å². The van der Waals surface area contributed by atoms with E-state index < -0.39 is 0 Å². The van der Waals surface area contributed by atoms with Gasteiger partial charge >= 0.3 is 0 Å². The zero-order valence-corrected chi connectivity index (χ0v) is 12.1. The van der Waals surface area contributed by atoms with E-state index in [9.17, 15) is 4.79 Å². The van der Waals surface area contributed by atoms with E-state index in [1.807, 2.05) is 26.0 Å². The number of carbonyl (C=O) groups is 1. The predicted molar refractivity (Wildman–Crippen MR) is 78.5 cm³/mol. The second-order valence-corrected chi connectivity index (χ2v) is 5.24. The zero-order valence-electron chi connectivity index (χ0n) is 11.4. The normalized spacial score (nSPS) is 12.2. The maximum absolute atomic E-state index is 12.3. The van der Waals surface area contributed by atoms with Gasteiger partial charge in [0.05, 0.1) is 16.6 Å². The Kier molecular flexibility index (Phi) is 4.69. The van der Waals surface area contributed by atoms with E-state index in [4.69, 9.17) is 11.6 Å². The SMILES string of the molecule is CC(C)[C@@H](NC(=O)c1ccncc1Cl)c1cccnc1. The Hall–Kier alpha value is -1.94. The maximum Gasteiger partial charge on any atom is 0.253 e. The monoisotopic (exact) mass is 289 g/mol. The topological polar surface area (TPSA) is 54.9 Å². The van der Waals surface area contributed by atoms with Gasteiger partial charge in [-0.2, -0.15) is 0 Å². The van der Waals surface area contributed by atoms with Crippen LogP contribution in [0.2, 0.25) is 5.02 Å². The van der Waals surface area contributed by atoms with Crippen molar-refractivity contribution in [3.63, 3.8) is 0 Å². The van der Waals surface area contributed by atoms with Crippen molar-refractivity contribution < 1.29 is 4.79 Å². The molecule has 0 unspecified atom stereocenters. The van der Waals surface area contributed by atoms with Crippen LogP contribution in [-0.2, 0) is 0 Å². The molecule has 20 heavy (non-hydrogen) atoms. The Morgan fingerprint density at radius 2 is 1.95 bits per heavy atom. The molecule has 0 aliphatic carbocycles. The predicted octanol–water partition coefficient (Wildman–Crippen LogP) is 3.26. The van der Waals surface area contributed by atoms with Crippen LogP contribution in [0.25, 0.3) is 0 Å². The van der Waals surface area contributed by atoms with Crippen molar-refractivity contribution in [3.05, 3.63) is 59.1 Å². The minimum absolute atomic E-state index is 0.111. The highest BCUT2D eigenvalue weighted by atomic mass is 35.5. The quantitative estimate of drug-likeness (QED) is 0.940. The molecule has 0 aromatic carbocycles. The maximum atomic E-state index is 12.3. The molecule has 1 atom stereocenters. The van der Waals surface area contributed by atoms with E-state index in [2.05, 4.69) is 15.3 Å². The Morgan fingerprint density at radius 1 is 1.20 bits per heavy atom. The average Bonchev–Trinajstić information content (AvgIpc) is 2.45. The van der Waals surface area contributed by atoms with E-state index in [1.165, 1.54) is 6.20 Å². The Balaban J connectivity index is 2.22. The highest BCUT2D eigenvalue weighted by Crippen LogP contribution is 2.22. The zero-order chi connectivity index (χ0) is 14.5. The summed E-state index contributed by atoms with van der Waals surface area (Å²) in [5.74, 6) is 0.0312. The second kappa shape index (κ2) is 6.48. The number of pyridine rings is 2. The molecule has 2 heterocycles. The van der Waals surface area contributed by atoms with Crippen LogP contribution in [0, 0.1) is 5.92 Å². The molecular weight excluding hydrogens is 274 g/mol. The summed E-state index contributed by atoms with van der Waals surface area (Å²) >= 11 is 5.99. The number of hydrogen-bond donors (Lipinski definition) is 1. The van der Waals surface area contributed by atoms with Crippen molar-refractivity contribution in [3.8, 4) is 0 Å². The molecule has 0 saturated carbocycles. The van der Waals surface area contributed by atoms with Crippen LogP contribution >= 0.6 is 11.6 Å². The van der Waals surface area contributed by atoms with Gasteiger partial charge in [0, 0.05) is 24.8 Å². The van der Waals surface area contributed by atoms with E-state index in [0.29, 0.717) is 10.6 Å². The van der Waals surface area contributed by atoms with Crippen molar-refractivity contribution in [1.82, 2.24) is 15.3 Å². The number of rotatable bonds is 4. The van der Waals surface area contributed by atoms with E-state index in [1.54, 1.807) is 24.7 Å². The van der Waals surface area contributed by atoms with E-state index >= 15 is 0 Å². The highest BCUT2D eigenvalue weighted by molar-refractivity contribution is 6.33. The second-order valence-electron chi connectivity index (χ2n) is 4.84. The van der Waals surface area contributed by atoms with Crippen molar-refractivity contribution in [2.75, 3.05) is 0 Å². The molecule has 1 amide bonds. The number of amides is 1. The summed E-state index contributed by atoms with van der Waals surface area (Å²) in [5.41, 5.74) is 1.40. The Labute approximate surface area is 123 Å². The summed E-state index contributed by atoms with van der Waals surface area (Å²) in [6, 6.07) is 5.31. The summed E-state index contributed by atoms with van der Waals surface area (Å²) in [6.07, 6.45) is 6.49. The number of halogens is 1. The number of nitrogens with zero attached hydrogens (tertiary/aromatic N) is 2. The molecule has 2 rings (SSSR count). The fourth-order valence-corrected chi connectivity index (χ4v) is 2.18. The molecule has 5 heteroatoms. The van der Waals surface area contributed by atoms with Crippen LogP contribution in [0.15, 0.2) is 43.0 Å². The molecule has 0 saturated heterocycles. The van der Waals surface area contributed by atoms with Gasteiger partial charge in [-0.15, -0.1) is 0 Å². The van der Waals surface area contributed by atoms with Gasteiger partial charge < -0.3 is 5.32 Å². The van der Waals surface area contributed by atoms with Gasteiger partial charge in [0.25, 0.3) is 5.91 Å². The van der Waals surface area contributed by atoms with E-state index in [-0.39, 0.29) is 17.9 Å². The Bertz CT molecular complexity index is 587. The van der Waals surface area contributed by atoms with Crippen LogP contribution in [-0.4, -0.2) is 15.9 Å². The molecule has 0 fully saturated rings. The van der Waals surface area contributed by atoms with Gasteiger partial charge in [-0.1, -0.05) is 31.5 Å². The molecule has 0 aliphatic heterocycles. The lowest BCUT2D eigenvalue weighted by molar-refractivity contribution is 0.0925. The van der Waals surface area contributed by atoms with Crippen LogP contribution in [0.5, 0.6) is 0 Å². The summed E-state index contributed by atoms with van der Waals surface area (Å²) in [4.78, 5) is 20.3. The first-order chi connectivity index (χ1) is 9.59. The minimum Gasteiger partial charge on any atom is -0.345 e. The molecule has 0 spiro atoms. The Morgan fingerprint density at radius 3 is 2.55 bits per heavy atom. The minimum atomic E-state index is -0.208. The fraction of sp³-hybridized carbons (Fsp3) is 0.267. The number of nitrogens with one attached hydrogen (secondary N) is 1. The smallest absolute Gasteiger partial charge is 0.253 e. The van der Waals surface area contributed by atoms with Gasteiger partial charge in [0.15, 0.2) is 0 Å². The lowest BCUT2D eigenvalue weighted by atomic mass is 9.97. The summed E-state index contributed by atoms with van der Waals surface area (Å²) < 4.78 is 0. The van der Waals surface area contributed by atoms with Gasteiger partial charge in [-0.05, 0) is 23.6 Å². The largest absolute Gasteiger partial charge is 0.345 e. The van der Waals surface area contributed by atoms with Crippen molar-refractivity contribution in [2.24, 2.45) is 5.92 Å². The molecule has 4 nitrogen and oxygen atoms in total. The molecule has 104 valence electrons. The molecule has 2 aromatic heterocycles. The molecule has 2 aromatic rings. The molecular formula is C15H16ClN3O. The lowest BCUT2D eigenvalue weighted by Crippen LogP contribution is -2.32. The first kappa shape index (κ1) is 14.5. The standard InChI is InChI=1S/C15H16ClN3O/c1-10(2)14(11-4-3-6-17-8-11)19-15(20)12-5-7-18-9-13(12)16/h3-10,14H,1-2H3,(H,19,20)/t14-/m1/s1. The molecule has 1 N–H and O–H groups in total. The third kappa shape index (κ3) is 3.33. The molecule has 0 bridgehead atoms. The van der Waals surface area contributed by atoms with Crippen LogP contribution in [0.3, 0.4) is 0 Å². The summed E-state index contributed by atoms with van der Waals surface area (Å²) in [6.45, 7) is 4.10. The first-order valence-corrected chi connectivity index (χ1v) is 6.77. The number of carbonyl (C=O) groups excluding carboxylic acids is 1. The van der Waals surface area contributed by atoms with Crippen LogP contribution in [0.4, 0.5) is 0 Å². The summed E-state index contributed by atoms with van der Waals surface area (Å²) in [5, 5.41) is 3.34. The van der Waals surface area contributed by atoms with Crippen molar-refractivity contribution >= 4 is 17.5 Å². The fourth-order valence-electron chi connectivity index (χ4n) is 1.97. The van der Waals surface area contributed by atoms with Crippen molar-refractivity contribution in [2.45, 2.75) is 19.9 Å². The number of aromatic nitrogens is 2. The first-order valence-electron chi connectivity index (χ1n) is 6.40. The third-order valence-electron chi connectivity index (χ3n) is 3.01. The highest BCUT2D eigenvalue weighted by Gasteiger charge is 2.20. The van der Waals surface area contributed by atoms with Gasteiger partial charge in [0.2, 0.25) is 0 Å².